The van der Waals surface area contributed by atoms with Gasteiger partial charge < -0.3 is 9.64 Å². The van der Waals surface area contributed by atoms with Crippen molar-refractivity contribution < 1.29 is 14.3 Å². The summed E-state index contributed by atoms with van der Waals surface area (Å²) in [6, 6.07) is 18.2. The minimum atomic E-state index is -0.659. The first-order valence-corrected chi connectivity index (χ1v) is 13.8. The maximum atomic E-state index is 14.0. The van der Waals surface area contributed by atoms with Crippen LogP contribution in [0.4, 0.5) is 11.5 Å². The van der Waals surface area contributed by atoms with Gasteiger partial charge in [-0.3, -0.25) is 19.0 Å². The molecule has 2 unspecified atom stereocenters. The fourth-order valence-corrected chi connectivity index (χ4v) is 6.16. The van der Waals surface area contributed by atoms with Crippen molar-refractivity contribution in [1.29, 1.82) is 0 Å². The van der Waals surface area contributed by atoms with Gasteiger partial charge >= 0.3 is 5.97 Å². The number of para-hydroxylation sites is 1. The van der Waals surface area contributed by atoms with Gasteiger partial charge in [0.15, 0.2) is 11.0 Å². The van der Waals surface area contributed by atoms with Crippen LogP contribution in [0.25, 0.3) is 0 Å². The number of benzene rings is 2. The minimum Gasteiger partial charge on any atom is -0.465 e. The number of aliphatic imine (C=N–C) groups is 1. The lowest BCUT2D eigenvalue weighted by Crippen LogP contribution is -2.43. The number of fused-ring (bicyclic) bond motifs is 2. The van der Waals surface area contributed by atoms with Gasteiger partial charge in [0.05, 0.1) is 29.6 Å². The van der Waals surface area contributed by atoms with Crippen molar-refractivity contribution in [2.75, 3.05) is 11.6 Å². The third kappa shape index (κ3) is 4.22. The van der Waals surface area contributed by atoms with Crippen LogP contribution in [0.15, 0.2) is 86.7 Å². The Morgan fingerprint density at radius 3 is 2.42 bits per heavy atom. The summed E-state index contributed by atoms with van der Waals surface area (Å²) in [5.41, 5.74) is 2.79. The van der Waals surface area contributed by atoms with Crippen molar-refractivity contribution in [2.45, 2.75) is 33.4 Å². The highest BCUT2D eigenvalue weighted by Crippen LogP contribution is 2.47. The highest BCUT2D eigenvalue weighted by Gasteiger charge is 2.47. The van der Waals surface area contributed by atoms with Crippen LogP contribution in [-0.4, -0.2) is 43.8 Å². The molecule has 1 amide bonds. The molecule has 202 valence electrons. The van der Waals surface area contributed by atoms with Gasteiger partial charge in [-0.25, -0.2) is 9.98 Å². The van der Waals surface area contributed by atoms with Gasteiger partial charge in [0.1, 0.15) is 18.3 Å². The molecule has 2 aromatic carbocycles. The van der Waals surface area contributed by atoms with Crippen LogP contribution in [-0.2, 0) is 20.9 Å². The number of carbonyl (C=O) groups is 2. The first-order chi connectivity index (χ1) is 19.4. The molecule has 0 radical (unpaired) electrons. The average molecular weight is 555 g/mol. The van der Waals surface area contributed by atoms with E-state index in [0.717, 1.165) is 5.56 Å². The van der Waals surface area contributed by atoms with E-state index in [1.807, 2.05) is 77.9 Å². The second-order valence-corrected chi connectivity index (χ2v) is 10.3. The SMILES string of the molecule is CCOC(=O)Cn1c(C)nc2c(c1=O)C(c1ccccc1)N1C(C3C(=O)N(c4ccccc4)N=C3C)=CSC1=N2. The zero-order chi connectivity index (χ0) is 28.0. The number of hydrazone groups is 1. The maximum absolute atomic E-state index is 14.0. The number of nitrogens with zero attached hydrogens (tertiary/aromatic N) is 6. The topological polar surface area (TPSA) is 109 Å². The van der Waals surface area contributed by atoms with E-state index in [0.29, 0.717) is 39.5 Å². The quantitative estimate of drug-likeness (QED) is 0.422. The normalized spacial score (nSPS) is 19.6. The second kappa shape index (κ2) is 10.2. The van der Waals surface area contributed by atoms with E-state index in [9.17, 15) is 14.4 Å². The second-order valence-electron chi connectivity index (χ2n) is 9.49. The van der Waals surface area contributed by atoms with E-state index in [4.69, 9.17) is 9.73 Å². The molecular formula is C29H26N6O4S. The Bertz CT molecular complexity index is 1660. The molecule has 2 atom stereocenters. The molecule has 10 nitrogen and oxygen atoms in total. The predicted molar refractivity (Wildman–Crippen MR) is 153 cm³/mol. The van der Waals surface area contributed by atoms with Crippen LogP contribution in [0.3, 0.4) is 0 Å². The smallest absolute Gasteiger partial charge is 0.326 e. The molecule has 3 aliphatic rings. The minimum absolute atomic E-state index is 0.184. The number of aromatic nitrogens is 2. The van der Waals surface area contributed by atoms with Crippen molar-refractivity contribution in [2.24, 2.45) is 16.0 Å². The number of esters is 1. The Kier molecular flexibility index (Phi) is 6.59. The number of thioether (sulfide) groups is 1. The fourth-order valence-electron chi connectivity index (χ4n) is 5.22. The van der Waals surface area contributed by atoms with Crippen LogP contribution in [0.1, 0.15) is 36.8 Å². The molecule has 0 saturated carbocycles. The molecule has 6 rings (SSSR count). The number of anilines is 1. The van der Waals surface area contributed by atoms with Crippen LogP contribution in [0.5, 0.6) is 0 Å². The molecule has 3 aromatic rings. The number of carbonyl (C=O) groups excluding carboxylic acids is 2. The highest BCUT2D eigenvalue weighted by atomic mass is 32.2. The molecule has 11 heteroatoms. The summed E-state index contributed by atoms with van der Waals surface area (Å²) in [6.07, 6.45) is 0. The van der Waals surface area contributed by atoms with Crippen LogP contribution < -0.4 is 10.6 Å². The van der Waals surface area contributed by atoms with Gasteiger partial charge in [-0.15, -0.1) is 0 Å². The Morgan fingerprint density at radius 1 is 1.02 bits per heavy atom. The van der Waals surface area contributed by atoms with E-state index in [1.54, 1.807) is 13.8 Å². The molecule has 1 aromatic heterocycles. The number of hydrogen-bond acceptors (Lipinski definition) is 9. The molecule has 0 aliphatic carbocycles. The largest absolute Gasteiger partial charge is 0.465 e. The number of amides is 1. The summed E-state index contributed by atoms with van der Waals surface area (Å²) in [6.45, 7) is 5.17. The molecule has 0 fully saturated rings. The van der Waals surface area contributed by atoms with E-state index in [2.05, 4.69) is 10.1 Å². The third-order valence-corrected chi connectivity index (χ3v) is 7.87. The van der Waals surface area contributed by atoms with Gasteiger partial charge in [0, 0.05) is 5.70 Å². The summed E-state index contributed by atoms with van der Waals surface area (Å²) in [5.74, 6) is -0.694. The number of aryl methyl sites for hydroxylation is 1. The molecule has 0 N–H and O–H groups in total. The molecule has 0 spiro atoms. The zero-order valence-electron chi connectivity index (χ0n) is 22.1. The fraction of sp³-hybridized carbons (Fsp3) is 0.241. The zero-order valence-corrected chi connectivity index (χ0v) is 23.0. The van der Waals surface area contributed by atoms with Crippen molar-refractivity contribution in [3.63, 3.8) is 0 Å². The number of ether oxygens (including phenoxy) is 1. The molecule has 3 aliphatic heterocycles. The first-order valence-electron chi connectivity index (χ1n) is 12.9. The Labute approximate surface area is 234 Å². The van der Waals surface area contributed by atoms with E-state index in [1.165, 1.54) is 21.3 Å². The number of amidine groups is 1. The van der Waals surface area contributed by atoms with E-state index in [-0.39, 0.29) is 24.6 Å². The van der Waals surface area contributed by atoms with Crippen LogP contribution >= 0.6 is 11.8 Å². The molecule has 4 heterocycles. The number of hydrogen-bond donors (Lipinski definition) is 0. The predicted octanol–water partition coefficient (Wildman–Crippen LogP) is 4.13. The van der Waals surface area contributed by atoms with Gasteiger partial charge in [0.2, 0.25) is 0 Å². The summed E-state index contributed by atoms with van der Waals surface area (Å²) < 4.78 is 6.43. The van der Waals surface area contributed by atoms with Gasteiger partial charge in [-0.05, 0) is 43.9 Å². The third-order valence-electron chi connectivity index (χ3n) is 7.01. The van der Waals surface area contributed by atoms with E-state index < -0.39 is 17.9 Å². The first kappa shape index (κ1) is 25.8. The molecular weight excluding hydrogens is 528 g/mol. The Morgan fingerprint density at radius 2 is 1.73 bits per heavy atom. The number of rotatable bonds is 6. The van der Waals surface area contributed by atoms with Crippen LogP contribution in [0.2, 0.25) is 0 Å². The van der Waals surface area contributed by atoms with Gasteiger partial charge in [-0.1, -0.05) is 60.3 Å². The highest BCUT2D eigenvalue weighted by molar-refractivity contribution is 8.16. The summed E-state index contributed by atoms with van der Waals surface area (Å²) in [5, 5.41) is 8.54. The van der Waals surface area contributed by atoms with Crippen molar-refractivity contribution in [3.8, 4) is 0 Å². The van der Waals surface area contributed by atoms with Crippen molar-refractivity contribution >= 4 is 46.0 Å². The van der Waals surface area contributed by atoms with Crippen molar-refractivity contribution in [1.82, 2.24) is 14.5 Å². The Hall–Kier alpha value is -4.51. The lowest BCUT2D eigenvalue weighted by molar-refractivity contribution is -0.143. The standard InChI is InChI=1S/C29H26N6O4S/c1-4-39-22(36)15-33-18(3)30-26-24(27(33)37)25(19-11-7-5-8-12-19)34-21(16-40-29(34)31-26)23-17(2)32-35(28(23)38)20-13-9-6-10-14-20/h5-14,16,23,25H,4,15H2,1-3H3. The van der Waals surface area contributed by atoms with Gasteiger partial charge in [0.25, 0.3) is 11.5 Å². The summed E-state index contributed by atoms with van der Waals surface area (Å²) in [7, 11) is 0. The monoisotopic (exact) mass is 554 g/mol. The summed E-state index contributed by atoms with van der Waals surface area (Å²) in [4.78, 5) is 51.5. The maximum Gasteiger partial charge on any atom is 0.326 e. The Balaban J connectivity index is 1.47. The van der Waals surface area contributed by atoms with Gasteiger partial charge in [-0.2, -0.15) is 10.1 Å². The van der Waals surface area contributed by atoms with E-state index >= 15 is 0 Å². The lowest BCUT2D eigenvalue weighted by atomic mass is 9.93. The molecule has 0 bridgehead atoms. The van der Waals surface area contributed by atoms with Crippen LogP contribution in [0, 0.1) is 12.8 Å². The lowest BCUT2D eigenvalue weighted by Gasteiger charge is -2.36. The van der Waals surface area contributed by atoms with Crippen molar-refractivity contribution in [3.05, 3.63) is 99.1 Å². The summed E-state index contributed by atoms with van der Waals surface area (Å²) >= 11 is 1.38. The molecule has 40 heavy (non-hydrogen) atoms. The average Bonchev–Trinajstić information content (AvgIpc) is 3.50. The molecule has 0 saturated heterocycles.